The van der Waals surface area contributed by atoms with Crippen molar-refractivity contribution in [1.29, 1.82) is 0 Å². The summed E-state index contributed by atoms with van der Waals surface area (Å²) in [6, 6.07) is 25.1. The number of methoxy groups -OCH3 is 2. The minimum atomic E-state index is -0.861. The number of aromatic nitrogens is 4. The maximum Gasteiger partial charge on any atom is 2.00 e. The number of hydrogen-bond acceptors (Lipinski definition) is 4. The van der Waals surface area contributed by atoms with Gasteiger partial charge in [-0.1, -0.05) is 30.3 Å². The number of ether oxygens (including phenoxy) is 2. The molecule has 0 fully saturated rings. The standard InChI is InChI=1S/C50H28F6N4O2.Zn/c1-61-34-3-4-35-37(24-34)36(5-14-46(35)62-2)50-44-12-10-42(59-44)48(26-17-30(53)22-31(54)18-26)40-8-6-38(57-40)47(25-15-28(51)21-29(52)16-25)39-7-9-41(58-39)49(43-11-13-45(50)60-43)27-19-32(55)23-33(56)20-27;/h3-24H,1-2H3;/q-2;+2. The number of rotatable bonds is 6. The van der Waals surface area contributed by atoms with Crippen LogP contribution in [0.3, 0.4) is 0 Å². The second-order valence-corrected chi connectivity index (χ2v) is 14.6. The minimum absolute atomic E-state index is 0. The van der Waals surface area contributed by atoms with E-state index < -0.39 is 34.9 Å². The first kappa shape index (κ1) is 41.1. The Morgan fingerprint density at radius 2 is 0.778 bits per heavy atom. The molecule has 0 unspecified atom stereocenters. The van der Waals surface area contributed by atoms with Crippen molar-refractivity contribution >= 4 is 57.1 Å². The molecule has 2 aliphatic rings. The van der Waals surface area contributed by atoms with Crippen LogP contribution in [0.5, 0.6) is 11.5 Å². The Hall–Kier alpha value is -7.24. The maximum absolute atomic E-state index is 15.0. The van der Waals surface area contributed by atoms with Gasteiger partial charge in [0.1, 0.15) is 46.4 Å². The third-order valence-electron chi connectivity index (χ3n) is 10.7. The summed E-state index contributed by atoms with van der Waals surface area (Å²) in [6.07, 6.45) is 6.66. The van der Waals surface area contributed by atoms with Crippen LogP contribution >= 0.6 is 0 Å². The molecule has 5 aromatic carbocycles. The summed E-state index contributed by atoms with van der Waals surface area (Å²) in [5.41, 5.74) is 4.52. The van der Waals surface area contributed by atoms with Crippen LogP contribution in [0.1, 0.15) is 22.8 Å². The molecular weight excluding hydrogens is 868 g/mol. The SMILES string of the molecule is COc1ccc2c(OC)ccc(-c3c4nc(c(-c5cc(F)cc(F)c5)c5ccc([n-]5)c(-c5cc(F)cc(F)c5)c5nc(c(-c6cc(F)cc(F)c6)c6ccc3[n-]6)C=C5)C=C4)c2c1.[Zn+2]. The van der Waals surface area contributed by atoms with Gasteiger partial charge in [0.2, 0.25) is 0 Å². The number of halogens is 6. The molecule has 8 bridgehead atoms. The molecule has 0 amide bonds. The minimum Gasteiger partial charge on any atom is -0.657 e. The molecular formula is C50H28F6N4O2Zn. The predicted octanol–water partition coefficient (Wildman–Crippen LogP) is 12.6. The molecule has 8 aromatic rings. The molecule has 0 radical (unpaired) electrons. The zero-order chi connectivity index (χ0) is 42.8. The molecule has 10 rings (SSSR count). The first-order valence-electron chi connectivity index (χ1n) is 19.1. The van der Waals surface area contributed by atoms with E-state index in [1.54, 1.807) is 62.8 Å². The van der Waals surface area contributed by atoms with Crippen LogP contribution in [0.4, 0.5) is 26.3 Å². The fourth-order valence-electron chi connectivity index (χ4n) is 8.17. The van der Waals surface area contributed by atoms with E-state index in [4.69, 9.17) is 29.4 Å². The summed E-state index contributed by atoms with van der Waals surface area (Å²) < 4.78 is 101. The van der Waals surface area contributed by atoms with Gasteiger partial charge in [-0.3, -0.25) is 0 Å². The summed E-state index contributed by atoms with van der Waals surface area (Å²) in [6.45, 7) is 0. The van der Waals surface area contributed by atoms with Crippen LogP contribution in [0.2, 0.25) is 0 Å². The molecule has 2 aliphatic heterocycles. The van der Waals surface area contributed by atoms with Gasteiger partial charge < -0.3 is 19.4 Å². The second kappa shape index (κ2) is 16.2. The zero-order valence-corrected chi connectivity index (χ0v) is 36.2. The van der Waals surface area contributed by atoms with Gasteiger partial charge in [-0.25, -0.2) is 36.3 Å². The van der Waals surface area contributed by atoms with Gasteiger partial charge in [0, 0.05) is 23.6 Å². The number of fused-ring (bicyclic) bond motifs is 9. The van der Waals surface area contributed by atoms with E-state index in [1.165, 1.54) is 24.3 Å². The summed E-state index contributed by atoms with van der Waals surface area (Å²) in [4.78, 5) is 20.0. The van der Waals surface area contributed by atoms with E-state index in [-0.39, 0.29) is 86.5 Å². The molecule has 0 N–H and O–H groups in total. The Kier molecular flexibility index (Phi) is 10.6. The van der Waals surface area contributed by atoms with Crippen LogP contribution in [0.15, 0.2) is 109 Å². The van der Waals surface area contributed by atoms with Gasteiger partial charge >= 0.3 is 19.5 Å². The third-order valence-corrected chi connectivity index (χ3v) is 10.7. The van der Waals surface area contributed by atoms with Gasteiger partial charge in [0.15, 0.2) is 0 Å². The van der Waals surface area contributed by atoms with E-state index in [0.29, 0.717) is 33.8 Å². The average Bonchev–Trinajstić information content (AvgIpc) is 4.08. The van der Waals surface area contributed by atoms with Crippen LogP contribution in [0.25, 0.3) is 102 Å². The molecule has 0 aliphatic carbocycles. The molecule has 6 nitrogen and oxygen atoms in total. The van der Waals surface area contributed by atoms with Crippen molar-refractivity contribution in [2.75, 3.05) is 14.2 Å². The zero-order valence-electron chi connectivity index (χ0n) is 33.3. The number of benzene rings is 5. The average molecular weight is 896 g/mol. The van der Waals surface area contributed by atoms with Crippen LogP contribution in [-0.2, 0) is 19.5 Å². The summed E-state index contributed by atoms with van der Waals surface area (Å²) in [7, 11) is 3.12. The quantitative estimate of drug-likeness (QED) is 0.122. The van der Waals surface area contributed by atoms with Crippen molar-refractivity contribution in [3.05, 3.63) is 167 Å². The largest absolute Gasteiger partial charge is 2.00 e. The molecule has 0 spiro atoms. The fourth-order valence-corrected chi connectivity index (χ4v) is 8.17. The monoisotopic (exact) mass is 894 g/mol. The molecule has 0 saturated heterocycles. The summed E-state index contributed by atoms with van der Waals surface area (Å²) in [5, 5.41) is 1.47. The van der Waals surface area contributed by atoms with E-state index in [0.717, 1.165) is 41.1 Å². The van der Waals surface area contributed by atoms with Crippen LogP contribution in [-0.4, -0.2) is 24.2 Å². The first-order chi connectivity index (χ1) is 30.0. The third kappa shape index (κ3) is 7.48. The van der Waals surface area contributed by atoms with Gasteiger partial charge in [-0.05, 0) is 135 Å². The second-order valence-electron chi connectivity index (χ2n) is 14.6. The Morgan fingerprint density at radius 3 is 1.16 bits per heavy atom. The molecule has 304 valence electrons. The Morgan fingerprint density at radius 1 is 0.397 bits per heavy atom. The van der Waals surface area contributed by atoms with E-state index in [9.17, 15) is 8.78 Å². The van der Waals surface area contributed by atoms with Gasteiger partial charge in [0.25, 0.3) is 0 Å². The van der Waals surface area contributed by atoms with Crippen LogP contribution in [0, 0.1) is 34.9 Å². The van der Waals surface area contributed by atoms with Crippen molar-refractivity contribution in [1.82, 2.24) is 19.9 Å². The molecule has 63 heavy (non-hydrogen) atoms. The van der Waals surface area contributed by atoms with Crippen molar-refractivity contribution in [3.63, 3.8) is 0 Å². The first-order valence-corrected chi connectivity index (χ1v) is 19.1. The topological polar surface area (TPSA) is 72.4 Å². The van der Waals surface area contributed by atoms with Gasteiger partial charge in [0.05, 0.1) is 37.0 Å². The fraction of sp³-hybridized carbons (Fsp3) is 0.0400. The van der Waals surface area contributed by atoms with Crippen LogP contribution < -0.4 is 19.4 Å². The Balaban J connectivity index is 0.00000504. The van der Waals surface area contributed by atoms with Crippen molar-refractivity contribution < 1.29 is 55.3 Å². The van der Waals surface area contributed by atoms with Crippen molar-refractivity contribution in [2.45, 2.75) is 0 Å². The van der Waals surface area contributed by atoms with Gasteiger partial charge in [-0.2, -0.15) is 0 Å². The maximum atomic E-state index is 15.0. The predicted molar refractivity (Wildman–Crippen MR) is 229 cm³/mol. The molecule has 0 atom stereocenters. The van der Waals surface area contributed by atoms with Gasteiger partial charge in [-0.15, -0.1) is 22.1 Å². The Labute approximate surface area is 368 Å². The molecule has 0 saturated carbocycles. The van der Waals surface area contributed by atoms with Crippen molar-refractivity contribution in [3.8, 4) is 56.0 Å². The molecule has 5 heterocycles. The van der Waals surface area contributed by atoms with E-state index >= 15 is 17.6 Å². The number of hydrogen-bond donors (Lipinski definition) is 0. The smallest absolute Gasteiger partial charge is 0.657 e. The van der Waals surface area contributed by atoms with Crippen molar-refractivity contribution in [2.24, 2.45) is 0 Å². The Bertz CT molecular complexity index is 3320. The summed E-state index contributed by atoms with van der Waals surface area (Å²) >= 11 is 0. The summed E-state index contributed by atoms with van der Waals surface area (Å²) in [5.74, 6) is -3.90. The number of nitrogens with zero attached hydrogens (tertiary/aromatic N) is 4. The molecule has 13 heteroatoms. The normalized spacial score (nSPS) is 11.9. The van der Waals surface area contributed by atoms with E-state index in [1.807, 2.05) is 30.3 Å². The molecule has 3 aromatic heterocycles. The van der Waals surface area contributed by atoms with E-state index in [2.05, 4.69) is 0 Å².